The Labute approximate surface area is 114 Å². The third-order valence-corrected chi connectivity index (χ3v) is 3.98. The van der Waals surface area contributed by atoms with Crippen molar-refractivity contribution >= 4 is 23.8 Å². The van der Waals surface area contributed by atoms with Crippen LogP contribution in [0, 0.1) is 0 Å². The number of urea groups is 1. The summed E-state index contributed by atoms with van der Waals surface area (Å²) >= 11 is 1.68. The summed E-state index contributed by atoms with van der Waals surface area (Å²) in [5.74, 6) is 0.635. The van der Waals surface area contributed by atoms with Crippen molar-refractivity contribution in [3.63, 3.8) is 0 Å². The third-order valence-electron chi connectivity index (χ3n) is 2.88. The molecule has 8 heteroatoms. The van der Waals surface area contributed by atoms with Gasteiger partial charge in [-0.05, 0) is 0 Å². The molecule has 1 saturated heterocycles. The van der Waals surface area contributed by atoms with Gasteiger partial charge in [-0.3, -0.25) is 4.79 Å². The summed E-state index contributed by atoms with van der Waals surface area (Å²) in [4.78, 5) is 31.2. The molecule has 2 rings (SSSR count). The minimum Gasteiger partial charge on any atom is -0.481 e. The molecule has 1 aliphatic rings. The van der Waals surface area contributed by atoms with Crippen LogP contribution in [0.2, 0.25) is 0 Å². The average molecular weight is 284 g/mol. The molecule has 1 unspecified atom stereocenters. The molecule has 1 fully saturated rings. The molecular weight excluding hydrogens is 268 g/mol. The van der Waals surface area contributed by atoms with Gasteiger partial charge in [0.2, 0.25) is 0 Å². The second-order valence-corrected chi connectivity index (χ2v) is 5.41. The molecule has 19 heavy (non-hydrogen) atoms. The number of nitrogens with one attached hydrogen (secondary N) is 2. The Hall–Kier alpha value is -1.70. The molecule has 0 bridgehead atoms. The van der Waals surface area contributed by atoms with Gasteiger partial charge in [0.15, 0.2) is 0 Å². The Kier molecular flexibility index (Phi) is 4.67. The zero-order valence-electron chi connectivity index (χ0n) is 10.3. The molecule has 0 spiro atoms. The van der Waals surface area contributed by atoms with E-state index in [2.05, 4.69) is 15.3 Å². The maximum absolute atomic E-state index is 12.1. The van der Waals surface area contributed by atoms with Gasteiger partial charge in [0, 0.05) is 24.2 Å². The fourth-order valence-electron chi connectivity index (χ4n) is 1.95. The van der Waals surface area contributed by atoms with E-state index in [0.717, 1.165) is 11.4 Å². The van der Waals surface area contributed by atoms with Crippen molar-refractivity contribution < 1.29 is 14.7 Å². The van der Waals surface area contributed by atoms with Crippen molar-refractivity contribution in [3.05, 3.63) is 18.2 Å². The first kappa shape index (κ1) is 13.7. The molecule has 0 aromatic carbocycles. The average Bonchev–Trinajstić information content (AvgIpc) is 2.89. The molecule has 104 valence electrons. The van der Waals surface area contributed by atoms with Gasteiger partial charge in [-0.25, -0.2) is 9.78 Å². The normalized spacial score (nSPS) is 19.2. The summed E-state index contributed by atoms with van der Waals surface area (Å²) in [6.07, 6.45) is 3.18. The molecule has 3 N–H and O–H groups in total. The zero-order chi connectivity index (χ0) is 13.7. The van der Waals surface area contributed by atoms with Crippen LogP contribution >= 0.6 is 11.8 Å². The number of rotatable bonds is 4. The van der Waals surface area contributed by atoms with E-state index in [0.29, 0.717) is 18.8 Å². The summed E-state index contributed by atoms with van der Waals surface area (Å²) < 4.78 is 0. The zero-order valence-corrected chi connectivity index (χ0v) is 11.2. The molecular formula is C11H16N4O3S. The summed E-state index contributed by atoms with van der Waals surface area (Å²) in [5, 5.41) is 11.6. The number of hydrogen-bond donors (Lipinski definition) is 3. The molecule has 1 aliphatic heterocycles. The van der Waals surface area contributed by atoms with Crippen LogP contribution in [-0.2, 0) is 11.3 Å². The van der Waals surface area contributed by atoms with Crippen LogP contribution < -0.4 is 5.32 Å². The number of aromatic amines is 1. The number of aromatic nitrogens is 2. The van der Waals surface area contributed by atoms with E-state index in [4.69, 9.17) is 5.11 Å². The van der Waals surface area contributed by atoms with E-state index >= 15 is 0 Å². The van der Waals surface area contributed by atoms with Crippen molar-refractivity contribution in [2.24, 2.45) is 0 Å². The predicted molar refractivity (Wildman–Crippen MR) is 70.9 cm³/mol. The van der Waals surface area contributed by atoms with Crippen molar-refractivity contribution in [2.45, 2.75) is 19.0 Å². The topological polar surface area (TPSA) is 98.3 Å². The number of carboxylic acids is 1. The summed E-state index contributed by atoms with van der Waals surface area (Å²) in [6, 6.07) is -0.459. The standard InChI is InChI=1S/C11H16N4O3S/c16-10(17)3-9-6-19-2-1-15(9)11(18)13-5-8-4-12-7-14-8/h4,7,9H,1-3,5-6H2,(H,12,14)(H,13,18)(H,16,17). The van der Waals surface area contributed by atoms with Crippen LogP contribution in [0.5, 0.6) is 0 Å². The predicted octanol–water partition coefficient (Wildman–Crippen LogP) is 0.511. The van der Waals surface area contributed by atoms with E-state index < -0.39 is 5.97 Å². The molecule has 0 aliphatic carbocycles. The minimum absolute atomic E-state index is 0.00945. The maximum Gasteiger partial charge on any atom is 0.318 e. The van der Waals surface area contributed by atoms with E-state index in [9.17, 15) is 9.59 Å². The minimum atomic E-state index is -0.876. The largest absolute Gasteiger partial charge is 0.481 e. The Morgan fingerprint density at radius 2 is 2.47 bits per heavy atom. The van der Waals surface area contributed by atoms with Gasteiger partial charge in [0.25, 0.3) is 0 Å². The second-order valence-electron chi connectivity index (χ2n) is 4.26. The van der Waals surface area contributed by atoms with Gasteiger partial charge in [0.1, 0.15) is 0 Å². The van der Waals surface area contributed by atoms with E-state index in [1.807, 2.05) is 0 Å². The highest BCUT2D eigenvalue weighted by atomic mass is 32.2. The lowest BCUT2D eigenvalue weighted by Gasteiger charge is -2.34. The molecule has 2 amide bonds. The smallest absolute Gasteiger partial charge is 0.318 e. The van der Waals surface area contributed by atoms with Crippen LogP contribution in [0.4, 0.5) is 4.79 Å². The second kappa shape index (κ2) is 6.46. The highest BCUT2D eigenvalue weighted by Crippen LogP contribution is 2.19. The number of aliphatic carboxylic acids is 1. The molecule has 1 atom stereocenters. The highest BCUT2D eigenvalue weighted by molar-refractivity contribution is 7.99. The van der Waals surface area contributed by atoms with E-state index in [1.165, 1.54) is 0 Å². The highest BCUT2D eigenvalue weighted by Gasteiger charge is 2.28. The first-order valence-electron chi connectivity index (χ1n) is 5.98. The van der Waals surface area contributed by atoms with Crippen LogP contribution in [0.15, 0.2) is 12.5 Å². The van der Waals surface area contributed by atoms with Gasteiger partial charge in [-0.15, -0.1) is 0 Å². The summed E-state index contributed by atoms with van der Waals surface area (Å²) in [5.41, 5.74) is 0.814. The van der Waals surface area contributed by atoms with Crippen LogP contribution in [-0.4, -0.2) is 56.1 Å². The first-order valence-corrected chi connectivity index (χ1v) is 7.13. The maximum atomic E-state index is 12.1. The van der Waals surface area contributed by atoms with Gasteiger partial charge >= 0.3 is 12.0 Å². The van der Waals surface area contributed by atoms with Gasteiger partial charge in [-0.1, -0.05) is 0 Å². The monoisotopic (exact) mass is 284 g/mol. The first-order chi connectivity index (χ1) is 9.16. The van der Waals surface area contributed by atoms with Gasteiger partial charge in [-0.2, -0.15) is 11.8 Å². The molecule has 1 aromatic rings. The number of carbonyl (C=O) groups is 2. The van der Waals surface area contributed by atoms with Crippen molar-refractivity contribution in [1.82, 2.24) is 20.2 Å². The van der Waals surface area contributed by atoms with Crippen molar-refractivity contribution in [2.75, 3.05) is 18.1 Å². The lowest BCUT2D eigenvalue weighted by Crippen LogP contribution is -2.51. The Morgan fingerprint density at radius 3 is 3.16 bits per heavy atom. The fraction of sp³-hybridized carbons (Fsp3) is 0.545. The number of amides is 2. The quantitative estimate of drug-likeness (QED) is 0.748. The Bertz CT molecular complexity index is 437. The Morgan fingerprint density at radius 1 is 1.63 bits per heavy atom. The number of thioether (sulfide) groups is 1. The van der Waals surface area contributed by atoms with Crippen LogP contribution in [0.25, 0.3) is 0 Å². The van der Waals surface area contributed by atoms with E-state index in [-0.39, 0.29) is 18.5 Å². The number of nitrogens with zero attached hydrogens (tertiary/aromatic N) is 2. The molecule has 0 saturated carbocycles. The van der Waals surface area contributed by atoms with Crippen LogP contribution in [0.3, 0.4) is 0 Å². The molecule has 1 aromatic heterocycles. The van der Waals surface area contributed by atoms with Crippen molar-refractivity contribution in [1.29, 1.82) is 0 Å². The van der Waals surface area contributed by atoms with Gasteiger partial charge < -0.3 is 20.3 Å². The molecule has 7 nitrogen and oxygen atoms in total. The number of H-pyrrole nitrogens is 1. The lowest BCUT2D eigenvalue weighted by molar-refractivity contribution is -0.137. The lowest BCUT2D eigenvalue weighted by atomic mass is 10.2. The third kappa shape index (κ3) is 3.88. The number of imidazole rings is 1. The summed E-state index contributed by atoms with van der Waals surface area (Å²) in [6.45, 7) is 0.944. The number of carbonyl (C=O) groups excluding carboxylic acids is 1. The number of hydrogen-bond acceptors (Lipinski definition) is 4. The molecule has 0 radical (unpaired) electrons. The van der Waals surface area contributed by atoms with E-state index in [1.54, 1.807) is 29.2 Å². The SMILES string of the molecule is O=C(O)CC1CSCCN1C(=O)NCc1cnc[nH]1. The molecule has 2 heterocycles. The summed E-state index contributed by atoms with van der Waals surface area (Å²) in [7, 11) is 0. The van der Waals surface area contributed by atoms with Gasteiger partial charge in [0.05, 0.1) is 31.0 Å². The number of carboxylic acid groups (broad SMARTS) is 1. The Balaban J connectivity index is 1.89. The fourth-order valence-corrected chi connectivity index (χ4v) is 3.01. The van der Waals surface area contributed by atoms with Crippen LogP contribution in [0.1, 0.15) is 12.1 Å². The van der Waals surface area contributed by atoms with Crippen molar-refractivity contribution in [3.8, 4) is 0 Å².